The number of hydrogen-bond acceptors (Lipinski definition) is 2. The van der Waals surface area contributed by atoms with E-state index in [1.165, 1.54) is 36.4 Å². The van der Waals surface area contributed by atoms with Crippen molar-refractivity contribution >= 4 is 10.0 Å². The van der Waals surface area contributed by atoms with E-state index in [9.17, 15) is 8.42 Å². The molecule has 0 saturated heterocycles. The van der Waals surface area contributed by atoms with Crippen LogP contribution in [-0.2, 0) is 10.0 Å². The highest BCUT2D eigenvalue weighted by atomic mass is 32.2. The molecule has 0 aromatic heterocycles. The average molecular weight is 257 g/mol. The Bertz CT molecular complexity index is 374. The molecule has 0 N–H and O–H groups in total. The van der Waals surface area contributed by atoms with Gasteiger partial charge in [-0.15, -0.1) is 0 Å². The van der Waals surface area contributed by atoms with Crippen molar-refractivity contribution in [2.75, 3.05) is 19.8 Å². The highest BCUT2D eigenvalue weighted by Gasteiger charge is 2.49. The summed E-state index contributed by atoms with van der Waals surface area (Å²) in [6.45, 7) is 0. The largest absolute Gasteiger partial charge is 0.213 e. The van der Waals surface area contributed by atoms with Crippen LogP contribution in [0.2, 0.25) is 0 Å². The molecule has 0 unspecified atom stereocenters. The molecule has 0 spiro atoms. The Morgan fingerprint density at radius 3 is 1.82 bits per heavy atom. The molecule has 0 amide bonds. The van der Waals surface area contributed by atoms with Gasteiger partial charge in [0.2, 0.25) is 10.0 Å². The Kier molecular flexibility index (Phi) is 2.78. The molecule has 17 heavy (non-hydrogen) atoms. The maximum absolute atomic E-state index is 12.0. The molecule has 0 aliphatic heterocycles. The number of hydrogen-bond donors (Lipinski definition) is 0. The quantitative estimate of drug-likeness (QED) is 0.775. The minimum absolute atomic E-state index is 0.398. The first-order chi connectivity index (χ1) is 7.95. The summed E-state index contributed by atoms with van der Waals surface area (Å²) in [6.07, 6.45) is 6.66. The van der Waals surface area contributed by atoms with Gasteiger partial charge in [-0.05, 0) is 61.7 Å². The Labute approximate surface area is 105 Å². The fraction of sp³-hybridized carbons (Fsp3) is 1.00. The summed E-state index contributed by atoms with van der Waals surface area (Å²) in [4.78, 5) is 0. The van der Waals surface area contributed by atoms with Gasteiger partial charge in [-0.1, -0.05) is 0 Å². The first-order valence-electron chi connectivity index (χ1n) is 6.86. The molecule has 0 atom stereocenters. The van der Waals surface area contributed by atoms with Crippen LogP contribution in [0.25, 0.3) is 0 Å². The lowest BCUT2D eigenvalue weighted by molar-refractivity contribution is -0.0270. The van der Waals surface area contributed by atoms with Crippen molar-refractivity contribution in [1.29, 1.82) is 0 Å². The normalized spacial score (nSPS) is 44.5. The molecule has 4 bridgehead atoms. The SMILES string of the molecule is CN(C)S(=O)(=O)CC1C2CC3CC(C2)CC1C3. The van der Waals surface area contributed by atoms with Gasteiger partial charge in [0, 0.05) is 14.1 Å². The van der Waals surface area contributed by atoms with Crippen molar-refractivity contribution in [1.82, 2.24) is 4.31 Å². The van der Waals surface area contributed by atoms with Gasteiger partial charge in [0.05, 0.1) is 5.75 Å². The van der Waals surface area contributed by atoms with Crippen molar-refractivity contribution in [3.05, 3.63) is 0 Å². The molecule has 98 valence electrons. The van der Waals surface area contributed by atoms with Crippen LogP contribution in [0.15, 0.2) is 0 Å². The topological polar surface area (TPSA) is 37.4 Å². The first-order valence-corrected chi connectivity index (χ1v) is 8.47. The van der Waals surface area contributed by atoms with E-state index in [1.54, 1.807) is 14.1 Å². The summed E-state index contributed by atoms with van der Waals surface area (Å²) < 4.78 is 25.5. The molecule has 3 nitrogen and oxygen atoms in total. The Hall–Kier alpha value is -0.0900. The molecule has 4 rings (SSSR count). The van der Waals surface area contributed by atoms with E-state index in [1.807, 2.05) is 0 Å². The van der Waals surface area contributed by atoms with Gasteiger partial charge < -0.3 is 0 Å². The lowest BCUT2D eigenvalue weighted by Crippen LogP contribution is -2.48. The Morgan fingerprint density at radius 2 is 1.41 bits per heavy atom. The minimum Gasteiger partial charge on any atom is -0.212 e. The summed E-state index contributed by atoms with van der Waals surface area (Å²) in [7, 11) is 0.307. The van der Waals surface area contributed by atoms with E-state index in [0.29, 0.717) is 23.5 Å². The van der Waals surface area contributed by atoms with E-state index in [0.717, 1.165) is 11.8 Å². The maximum Gasteiger partial charge on any atom is 0.213 e. The standard InChI is InChI=1S/C13H23NO2S/c1-14(2)17(15,16)8-13-11-4-9-3-10(6-11)7-12(13)5-9/h9-13H,3-8H2,1-2H3. The lowest BCUT2D eigenvalue weighted by atomic mass is 9.52. The lowest BCUT2D eigenvalue weighted by Gasteiger charge is -2.54. The molecule has 0 heterocycles. The summed E-state index contributed by atoms with van der Waals surface area (Å²) in [6, 6.07) is 0. The fourth-order valence-corrected chi connectivity index (χ4v) is 6.03. The molecule has 4 heteroatoms. The number of nitrogens with zero attached hydrogens (tertiary/aromatic N) is 1. The van der Waals surface area contributed by atoms with Gasteiger partial charge >= 0.3 is 0 Å². The van der Waals surface area contributed by atoms with Crippen molar-refractivity contribution in [3.63, 3.8) is 0 Å². The van der Waals surface area contributed by atoms with Crippen LogP contribution < -0.4 is 0 Å². The minimum atomic E-state index is -3.01. The highest BCUT2D eigenvalue weighted by Crippen LogP contribution is 2.56. The van der Waals surface area contributed by atoms with E-state index in [4.69, 9.17) is 0 Å². The molecular weight excluding hydrogens is 234 g/mol. The van der Waals surface area contributed by atoms with Crippen molar-refractivity contribution < 1.29 is 8.42 Å². The number of sulfonamides is 1. The zero-order valence-corrected chi connectivity index (χ0v) is 11.6. The van der Waals surface area contributed by atoms with Crippen LogP contribution >= 0.6 is 0 Å². The average Bonchev–Trinajstić information content (AvgIpc) is 2.22. The molecule has 0 aromatic carbocycles. The van der Waals surface area contributed by atoms with Crippen molar-refractivity contribution in [2.45, 2.75) is 32.1 Å². The summed E-state index contributed by atoms with van der Waals surface area (Å²) in [5.41, 5.74) is 0. The van der Waals surface area contributed by atoms with Crippen LogP contribution in [0.5, 0.6) is 0 Å². The van der Waals surface area contributed by atoms with Crippen molar-refractivity contribution in [2.24, 2.45) is 29.6 Å². The molecule has 4 aliphatic carbocycles. The van der Waals surface area contributed by atoms with Gasteiger partial charge in [-0.2, -0.15) is 0 Å². The van der Waals surface area contributed by atoms with Gasteiger partial charge in [-0.3, -0.25) is 0 Å². The van der Waals surface area contributed by atoms with Crippen molar-refractivity contribution in [3.8, 4) is 0 Å². The van der Waals surface area contributed by atoms with Crippen LogP contribution in [0.1, 0.15) is 32.1 Å². The second-order valence-corrected chi connectivity index (χ2v) is 8.88. The van der Waals surface area contributed by atoms with Gasteiger partial charge in [0.15, 0.2) is 0 Å². The van der Waals surface area contributed by atoms with E-state index in [2.05, 4.69) is 0 Å². The summed E-state index contributed by atoms with van der Waals surface area (Å²) in [5, 5.41) is 0. The van der Waals surface area contributed by atoms with Gasteiger partial charge in [-0.25, -0.2) is 12.7 Å². The molecular formula is C13H23NO2S. The maximum atomic E-state index is 12.0. The van der Waals surface area contributed by atoms with Crippen LogP contribution in [-0.4, -0.2) is 32.6 Å². The summed E-state index contributed by atoms with van der Waals surface area (Å²) >= 11 is 0. The molecule has 0 aromatic rings. The van der Waals surface area contributed by atoms with Gasteiger partial charge in [0.1, 0.15) is 0 Å². The highest BCUT2D eigenvalue weighted by molar-refractivity contribution is 7.89. The first kappa shape index (κ1) is 12.0. The van der Waals surface area contributed by atoms with E-state index < -0.39 is 10.0 Å². The predicted octanol–water partition coefficient (Wildman–Crippen LogP) is 1.95. The van der Waals surface area contributed by atoms with Gasteiger partial charge in [0.25, 0.3) is 0 Å². The zero-order chi connectivity index (χ0) is 12.2. The Morgan fingerprint density at radius 1 is 0.941 bits per heavy atom. The molecule has 4 aliphatic rings. The molecule has 0 radical (unpaired) electrons. The molecule has 4 saturated carbocycles. The third-order valence-corrected chi connectivity index (χ3v) is 7.30. The van der Waals surface area contributed by atoms with Crippen LogP contribution in [0.4, 0.5) is 0 Å². The Balaban J connectivity index is 1.77. The zero-order valence-electron chi connectivity index (χ0n) is 10.8. The van der Waals surface area contributed by atoms with E-state index in [-0.39, 0.29) is 0 Å². The third kappa shape index (κ3) is 2.03. The predicted molar refractivity (Wildman–Crippen MR) is 68.0 cm³/mol. The summed E-state index contributed by atoms with van der Waals surface area (Å²) in [5.74, 6) is 4.12. The smallest absolute Gasteiger partial charge is 0.212 e. The van der Waals surface area contributed by atoms with Crippen LogP contribution in [0.3, 0.4) is 0 Å². The fourth-order valence-electron chi connectivity index (χ4n) is 4.70. The third-order valence-electron chi connectivity index (χ3n) is 5.38. The van der Waals surface area contributed by atoms with E-state index >= 15 is 0 Å². The number of rotatable bonds is 3. The monoisotopic (exact) mass is 257 g/mol. The second kappa shape index (κ2) is 3.95. The molecule has 4 fully saturated rings. The van der Waals surface area contributed by atoms with Crippen LogP contribution in [0, 0.1) is 29.6 Å². The second-order valence-electron chi connectivity index (χ2n) is 6.66.